The molecule has 134 valence electrons. The fourth-order valence-corrected chi connectivity index (χ4v) is 3.39. The summed E-state index contributed by atoms with van der Waals surface area (Å²) in [6, 6.07) is 28.3. The first-order valence-electron chi connectivity index (χ1n) is 9.14. The number of hydrogen-bond donors (Lipinski definition) is 2. The Bertz CT molecular complexity index is 1050. The van der Waals surface area contributed by atoms with Gasteiger partial charge in [-0.05, 0) is 24.1 Å². The topological polar surface area (TPSA) is 45.1 Å². The van der Waals surface area contributed by atoms with Gasteiger partial charge in [-0.3, -0.25) is 0 Å². The average Bonchev–Trinajstić information content (AvgIpc) is 2.71. The van der Waals surface area contributed by atoms with Crippen molar-refractivity contribution < 1.29 is 5.11 Å². The van der Waals surface area contributed by atoms with Crippen LogP contribution in [0.25, 0.3) is 10.9 Å². The van der Waals surface area contributed by atoms with Crippen LogP contribution >= 0.6 is 0 Å². The number of aromatic nitrogens is 1. The predicted molar refractivity (Wildman–Crippen MR) is 110 cm³/mol. The molecule has 3 nitrogen and oxygen atoms in total. The van der Waals surface area contributed by atoms with E-state index < -0.39 is 0 Å². The molecule has 1 atom stereocenters. The van der Waals surface area contributed by atoms with Gasteiger partial charge in [0.15, 0.2) is 0 Å². The molecule has 4 aromatic rings. The number of fused-ring (bicyclic) bond motifs is 1. The molecule has 0 aliphatic heterocycles. The van der Waals surface area contributed by atoms with Gasteiger partial charge in [-0.1, -0.05) is 78.9 Å². The van der Waals surface area contributed by atoms with E-state index in [1.165, 1.54) is 5.56 Å². The van der Waals surface area contributed by atoms with E-state index in [0.29, 0.717) is 12.1 Å². The molecule has 0 saturated heterocycles. The van der Waals surface area contributed by atoms with Gasteiger partial charge in [0.05, 0.1) is 6.04 Å². The van der Waals surface area contributed by atoms with Crippen LogP contribution in [0.3, 0.4) is 0 Å². The Labute approximate surface area is 159 Å². The summed E-state index contributed by atoms with van der Waals surface area (Å²) in [5.41, 5.74) is 4.68. The van der Waals surface area contributed by atoms with E-state index in [-0.39, 0.29) is 11.8 Å². The molecule has 0 aliphatic rings. The Hall–Kier alpha value is -3.17. The predicted octanol–water partition coefficient (Wildman–Crippen LogP) is 5.13. The molecular formula is C24H22N2O. The maximum absolute atomic E-state index is 11.0. The number of nitrogens with zero attached hydrogens (tertiary/aromatic N) is 1. The molecule has 3 heteroatoms. The van der Waals surface area contributed by atoms with Crippen molar-refractivity contribution in [2.24, 2.45) is 0 Å². The summed E-state index contributed by atoms with van der Waals surface area (Å²) in [5, 5.41) is 15.5. The molecule has 0 amide bonds. The van der Waals surface area contributed by atoms with E-state index >= 15 is 0 Å². The maximum atomic E-state index is 11.0. The maximum Gasteiger partial charge on any atom is 0.146 e. The molecule has 0 radical (unpaired) electrons. The van der Waals surface area contributed by atoms with Gasteiger partial charge in [0.1, 0.15) is 11.3 Å². The lowest BCUT2D eigenvalue weighted by Gasteiger charge is -2.21. The third kappa shape index (κ3) is 3.69. The number of hydrogen-bond acceptors (Lipinski definition) is 3. The molecule has 0 spiro atoms. The molecule has 4 rings (SSSR count). The van der Waals surface area contributed by atoms with E-state index in [2.05, 4.69) is 34.6 Å². The van der Waals surface area contributed by atoms with Crippen molar-refractivity contribution in [1.29, 1.82) is 0 Å². The second-order valence-corrected chi connectivity index (χ2v) is 6.74. The van der Waals surface area contributed by atoms with Crippen molar-refractivity contribution in [3.8, 4) is 5.75 Å². The minimum absolute atomic E-state index is 0.127. The van der Waals surface area contributed by atoms with Crippen LogP contribution in [0.5, 0.6) is 5.75 Å². The van der Waals surface area contributed by atoms with Crippen molar-refractivity contribution in [1.82, 2.24) is 10.3 Å². The fraction of sp³-hybridized carbons (Fsp3) is 0.125. The summed E-state index contributed by atoms with van der Waals surface area (Å²) in [6.45, 7) is 2.65. The summed E-state index contributed by atoms with van der Waals surface area (Å²) in [6.07, 6.45) is 0. The Balaban J connectivity index is 1.76. The first-order valence-corrected chi connectivity index (χ1v) is 9.14. The van der Waals surface area contributed by atoms with Crippen molar-refractivity contribution in [2.45, 2.75) is 19.5 Å². The first kappa shape index (κ1) is 17.3. The molecule has 1 unspecified atom stereocenters. The second kappa shape index (κ2) is 7.60. The molecule has 1 heterocycles. The minimum Gasteiger partial charge on any atom is -0.505 e. The second-order valence-electron chi connectivity index (χ2n) is 6.74. The minimum atomic E-state index is -0.127. The van der Waals surface area contributed by atoms with Gasteiger partial charge in [-0.15, -0.1) is 0 Å². The Morgan fingerprint density at radius 1 is 0.852 bits per heavy atom. The summed E-state index contributed by atoms with van der Waals surface area (Å²) in [4.78, 5) is 4.55. The Kier molecular flexibility index (Phi) is 4.86. The zero-order valence-corrected chi connectivity index (χ0v) is 15.3. The Morgan fingerprint density at radius 2 is 1.52 bits per heavy atom. The highest BCUT2D eigenvalue weighted by Crippen LogP contribution is 2.34. The van der Waals surface area contributed by atoms with Crippen LogP contribution < -0.4 is 5.32 Å². The van der Waals surface area contributed by atoms with Gasteiger partial charge in [0.2, 0.25) is 0 Å². The van der Waals surface area contributed by atoms with Gasteiger partial charge in [0, 0.05) is 23.2 Å². The van der Waals surface area contributed by atoms with Crippen LogP contribution in [0.4, 0.5) is 0 Å². The molecule has 2 N–H and O–H groups in total. The van der Waals surface area contributed by atoms with Crippen molar-refractivity contribution in [2.75, 3.05) is 0 Å². The zero-order chi connectivity index (χ0) is 18.6. The number of rotatable bonds is 5. The van der Waals surface area contributed by atoms with Crippen molar-refractivity contribution in [3.63, 3.8) is 0 Å². The Morgan fingerprint density at radius 3 is 2.26 bits per heavy atom. The average molecular weight is 354 g/mol. The number of aryl methyl sites for hydroxylation is 1. The summed E-state index contributed by atoms with van der Waals surface area (Å²) < 4.78 is 0. The molecule has 1 aromatic heterocycles. The van der Waals surface area contributed by atoms with E-state index in [1.54, 1.807) is 0 Å². The van der Waals surface area contributed by atoms with Crippen LogP contribution in [-0.2, 0) is 6.54 Å². The largest absolute Gasteiger partial charge is 0.505 e. The van der Waals surface area contributed by atoms with Crippen LogP contribution in [0.1, 0.15) is 28.4 Å². The highest BCUT2D eigenvalue weighted by Gasteiger charge is 2.19. The van der Waals surface area contributed by atoms with E-state index in [4.69, 9.17) is 0 Å². The zero-order valence-electron chi connectivity index (χ0n) is 15.3. The summed E-state index contributed by atoms with van der Waals surface area (Å²) in [5.74, 6) is 0.241. The van der Waals surface area contributed by atoms with Gasteiger partial charge < -0.3 is 10.4 Å². The van der Waals surface area contributed by atoms with Crippen LogP contribution in [0, 0.1) is 6.92 Å². The quantitative estimate of drug-likeness (QED) is 0.522. The SMILES string of the molecule is Cc1ccc2ccc(C(NCc3ccccc3)c3ccccc3)c(O)c2n1. The van der Waals surface area contributed by atoms with E-state index in [1.807, 2.05) is 67.6 Å². The summed E-state index contributed by atoms with van der Waals surface area (Å²) >= 11 is 0. The van der Waals surface area contributed by atoms with Crippen molar-refractivity contribution >= 4 is 10.9 Å². The molecule has 27 heavy (non-hydrogen) atoms. The van der Waals surface area contributed by atoms with Crippen LogP contribution in [0.2, 0.25) is 0 Å². The standard InChI is InChI=1S/C24H22N2O/c1-17-12-13-20-14-15-21(24(27)23(20)26-17)22(19-10-6-3-7-11-19)25-16-18-8-4-2-5-9-18/h2-15,22,25,27H,16H2,1H3. The van der Waals surface area contributed by atoms with Gasteiger partial charge in [-0.25, -0.2) is 4.98 Å². The molecule has 0 fully saturated rings. The molecular weight excluding hydrogens is 332 g/mol. The number of phenolic OH excluding ortho intramolecular Hbond substituents is 1. The molecule has 3 aromatic carbocycles. The fourth-order valence-electron chi connectivity index (χ4n) is 3.39. The van der Waals surface area contributed by atoms with Crippen molar-refractivity contribution in [3.05, 3.63) is 107 Å². The number of nitrogens with one attached hydrogen (secondary N) is 1. The third-order valence-corrected chi connectivity index (χ3v) is 4.80. The highest BCUT2D eigenvalue weighted by atomic mass is 16.3. The smallest absolute Gasteiger partial charge is 0.146 e. The number of pyridine rings is 1. The number of aromatic hydroxyl groups is 1. The monoisotopic (exact) mass is 354 g/mol. The lowest BCUT2D eigenvalue weighted by Crippen LogP contribution is -2.22. The number of phenols is 1. The van der Waals surface area contributed by atoms with Gasteiger partial charge in [-0.2, -0.15) is 0 Å². The first-order chi connectivity index (χ1) is 13.2. The van der Waals surface area contributed by atoms with Crippen LogP contribution in [-0.4, -0.2) is 10.1 Å². The molecule has 0 aliphatic carbocycles. The van der Waals surface area contributed by atoms with Crippen LogP contribution in [0.15, 0.2) is 84.9 Å². The molecule has 0 saturated carbocycles. The van der Waals surface area contributed by atoms with E-state index in [9.17, 15) is 5.11 Å². The summed E-state index contributed by atoms with van der Waals surface area (Å²) in [7, 11) is 0. The highest BCUT2D eigenvalue weighted by molar-refractivity contribution is 5.86. The molecule has 0 bridgehead atoms. The van der Waals surface area contributed by atoms with Gasteiger partial charge in [0.25, 0.3) is 0 Å². The normalized spacial score (nSPS) is 12.2. The van der Waals surface area contributed by atoms with E-state index in [0.717, 1.165) is 22.2 Å². The number of benzene rings is 3. The lowest BCUT2D eigenvalue weighted by atomic mass is 9.96. The van der Waals surface area contributed by atoms with Gasteiger partial charge >= 0.3 is 0 Å². The lowest BCUT2D eigenvalue weighted by molar-refractivity contribution is 0.461. The third-order valence-electron chi connectivity index (χ3n) is 4.80.